The highest BCUT2D eigenvalue weighted by molar-refractivity contribution is 6.30. The molecule has 0 radical (unpaired) electrons. The van der Waals surface area contributed by atoms with Crippen LogP contribution in [-0.4, -0.2) is 50.1 Å². The van der Waals surface area contributed by atoms with E-state index in [1.165, 1.54) is 5.69 Å². The van der Waals surface area contributed by atoms with Crippen LogP contribution in [0.4, 0.5) is 5.69 Å². The first-order valence-electron chi connectivity index (χ1n) is 9.77. The fourth-order valence-corrected chi connectivity index (χ4v) is 3.40. The summed E-state index contributed by atoms with van der Waals surface area (Å²) in [5.74, 6) is 0.483. The van der Waals surface area contributed by atoms with Gasteiger partial charge in [-0.25, -0.2) is 0 Å². The van der Waals surface area contributed by atoms with Crippen molar-refractivity contribution in [2.75, 3.05) is 38.1 Å². The third-order valence-electron chi connectivity index (χ3n) is 5.01. The largest absolute Gasteiger partial charge is 0.481 e. The highest BCUT2D eigenvalue weighted by atomic mass is 35.5. The van der Waals surface area contributed by atoms with Crippen LogP contribution in [-0.2, 0) is 11.3 Å². The molecule has 1 aliphatic rings. The first-order valence-corrected chi connectivity index (χ1v) is 10.2. The molecular formula is C22H28ClN3O2. The lowest BCUT2D eigenvalue weighted by Crippen LogP contribution is -2.44. The molecule has 6 heteroatoms. The van der Waals surface area contributed by atoms with Crippen LogP contribution < -0.4 is 15.0 Å². The van der Waals surface area contributed by atoms with Gasteiger partial charge >= 0.3 is 0 Å². The van der Waals surface area contributed by atoms with E-state index in [4.69, 9.17) is 16.3 Å². The summed E-state index contributed by atoms with van der Waals surface area (Å²) in [6.07, 6.45) is 0.0452. The average molecular weight is 402 g/mol. The molecule has 1 fully saturated rings. The van der Waals surface area contributed by atoms with Crippen LogP contribution >= 0.6 is 11.6 Å². The minimum absolute atomic E-state index is 0.120. The molecule has 28 heavy (non-hydrogen) atoms. The van der Waals surface area contributed by atoms with E-state index in [1.54, 1.807) is 18.2 Å². The van der Waals surface area contributed by atoms with Crippen LogP contribution in [0.3, 0.4) is 0 Å². The topological polar surface area (TPSA) is 44.8 Å². The average Bonchev–Trinajstić information content (AvgIpc) is 2.71. The number of carbonyl (C=O) groups is 1. The molecule has 150 valence electrons. The standard InChI is InChI=1S/C22H28ClN3O2/c1-3-21(28-20-6-4-5-18(23)15-20)22(27)24-16-17-7-9-19(10-8-17)26-13-11-25(2)12-14-26/h4-10,15,21H,3,11-14,16H2,1-2H3,(H,24,27)/t21-/m1/s1. The van der Waals surface area contributed by atoms with E-state index in [2.05, 4.69) is 46.4 Å². The van der Waals surface area contributed by atoms with Gasteiger partial charge in [0.15, 0.2) is 6.10 Å². The number of nitrogens with zero attached hydrogens (tertiary/aromatic N) is 2. The van der Waals surface area contributed by atoms with Crippen molar-refractivity contribution in [3.05, 3.63) is 59.1 Å². The SMILES string of the molecule is CC[C@@H](Oc1cccc(Cl)c1)C(=O)NCc1ccc(N2CCN(C)CC2)cc1. The smallest absolute Gasteiger partial charge is 0.261 e. The molecule has 2 aromatic rings. The first-order chi connectivity index (χ1) is 13.5. The molecule has 0 unspecified atom stereocenters. The zero-order valence-corrected chi connectivity index (χ0v) is 17.3. The molecule has 1 atom stereocenters. The molecule has 0 aliphatic carbocycles. The second kappa shape index (κ2) is 9.80. The van der Waals surface area contributed by atoms with Gasteiger partial charge in [-0.05, 0) is 49.4 Å². The second-order valence-corrected chi connectivity index (χ2v) is 7.58. The van der Waals surface area contributed by atoms with Crippen LogP contribution in [0.15, 0.2) is 48.5 Å². The highest BCUT2D eigenvalue weighted by Crippen LogP contribution is 2.20. The Morgan fingerprint density at radius 1 is 1.14 bits per heavy atom. The predicted molar refractivity (Wildman–Crippen MR) is 114 cm³/mol. The number of nitrogens with one attached hydrogen (secondary N) is 1. The van der Waals surface area contributed by atoms with Crippen molar-refractivity contribution >= 4 is 23.2 Å². The Morgan fingerprint density at radius 2 is 1.86 bits per heavy atom. The van der Waals surface area contributed by atoms with Gasteiger partial charge in [-0.3, -0.25) is 4.79 Å². The van der Waals surface area contributed by atoms with E-state index in [-0.39, 0.29) is 5.91 Å². The van der Waals surface area contributed by atoms with Gasteiger partial charge in [0.25, 0.3) is 5.91 Å². The molecule has 1 N–H and O–H groups in total. The summed E-state index contributed by atoms with van der Waals surface area (Å²) in [7, 11) is 2.16. The van der Waals surface area contributed by atoms with Crippen molar-refractivity contribution in [3.63, 3.8) is 0 Å². The Hall–Kier alpha value is -2.24. The number of carbonyl (C=O) groups excluding carboxylic acids is 1. The number of likely N-dealkylation sites (N-methyl/N-ethyl adjacent to an activating group) is 1. The summed E-state index contributed by atoms with van der Waals surface area (Å²) in [6, 6.07) is 15.5. The van der Waals surface area contributed by atoms with Crippen LogP contribution in [0.2, 0.25) is 5.02 Å². The molecule has 1 heterocycles. The van der Waals surface area contributed by atoms with Crippen LogP contribution in [0.25, 0.3) is 0 Å². The summed E-state index contributed by atoms with van der Waals surface area (Å²) in [5.41, 5.74) is 2.31. The highest BCUT2D eigenvalue weighted by Gasteiger charge is 2.18. The van der Waals surface area contributed by atoms with Gasteiger partial charge in [0, 0.05) is 43.4 Å². The monoisotopic (exact) mass is 401 g/mol. The zero-order chi connectivity index (χ0) is 19.9. The number of hydrogen-bond acceptors (Lipinski definition) is 4. The van der Waals surface area contributed by atoms with Crippen LogP contribution in [0, 0.1) is 0 Å². The van der Waals surface area contributed by atoms with Crippen molar-refractivity contribution in [2.24, 2.45) is 0 Å². The van der Waals surface area contributed by atoms with E-state index in [0.717, 1.165) is 31.7 Å². The fourth-order valence-electron chi connectivity index (χ4n) is 3.22. The second-order valence-electron chi connectivity index (χ2n) is 7.15. The Balaban J connectivity index is 1.51. The van der Waals surface area contributed by atoms with E-state index < -0.39 is 6.10 Å². The predicted octanol–water partition coefficient (Wildman–Crippen LogP) is 3.57. The van der Waals surface area contributed by atoms with Crippen molar-refractivity contribution in [2.45, 2.75) is 26.0 Å². The number of benzene rings is 2. The molecule has 0 bridgehead atoms. The minimum atomic E-state index is -0.539. The summed E-state index contributed by atoms with van der Waals surface area (Å²) < 4.78 is 5.79. The van der Waals surface area contributed by atoms with Crippen molar-refractivity contribution in [1.29, 1.82) is 0 Å². The maximum absolute atomic E-state index is 12.5. The Labute approximate surface area is 172 Å². The molecule has 2 aromatic carbocycles. The van der Waals surface area contributed by atoms with Gasteiger partial charge < -0.3 is 19.9 Å². The lowest BCUT2D eigenvalue weighted by atomic mass is 10.1. The van der Waals surface area contributed by atoms with Crippen LogP contribution in [0.5, 0.6) is 5.75 Å². The third-order valence-corrected chi connectivity index (χ3v) is 5.24. The first kappa shape index (κ1) is 20.5. The van der Waals surface area contributed by atoms with E-state index in [9.17, 15) is 4.79 Å². The third kappa shape index (κ3) is 5.63. The minimum Gasteiger partial charge on any atom is -0.481 e. The molecule has 0 aromatic heterocycles. The van der Waals surface area contributed by atoms with Gasteiger partial charge in [0.1, 0.15) is 5.75 Å². The molecular weight excluding hydrogens is 374 g/mol. The number of hydrogen-bond donors (Lipinski definition) is 1. The number of ether oxygens (including phenoxy) is 1. The molecule has 0 spiro atoms. The lowest BCUT2D eigenvalue weighted by molar-refractivity contribution is -0.128. The van der Waals surface area contributed by atoms with Gasteiger partial charge in [0.2, 0.25) is 0 Å². The lowest BCUT2D eigenvalue weighted by Gasteiger charge is -2.34. The van der Waals surface area contributed by atoms with E-state index in [1.807, 2.05) is 13.0 Å². The summed E-state index contributed by atoms with van der Waals surface area (Å²) >= 11 is 5.98. The molecule has 1 saturated heterocycles. The van der Waals surface area contributed by atoms with Gasteiger partial charge in [-0.15, -0.1) is 0 Å². The summed E-state index contributed by atoms with van der Waals surface area (Å²) in [5, 5.41) is 3.56. The van der Waals surface area contributed by atoms with E-state index >= 15 is 0 Å². The number of halogens is 1. The summed E-state index contributed by atoms with van der Waals surface area (Å²) in [6.45, 7) is 6.68. The molecule has 1 aliphatic heterocycles. The maximum atomic E-state index is 12.5. The number of piperazine rings is 1. The van der Waals surface area contributed by atoms with Gasteiger partial charge in [-0.1, -0.05) is 36.7 Å². The molecule has 1 amide bonds. The van der Waals surface area contributed by atoms with E-state index in [0.29, 0.717) is 23.7 Å². The normalized spacial score (nSPS) is 15.9. The van der Waals surface area contributed by atoms with Gasteiger partial charge in [-0.2, -0.15) is 0 Å². The number of amides is 1. The molecule has 0 saturated carbocycles. The number of rotatable bonds is 7. The van der Waals surface area contributed by atoms with Crippen LogP contribution in [0.1, 0.15) is 18.9 Å². The van der Waals surface area contributed by atoms with Crippen molar-refractivity contribution < 1.29 is 9.53 Å². The maximum Gasteiger partial charge on any atom is 0.261 e. The van der Waals surface area contributed by atoms with Gasteiger partial charge in [0.05, 0.1) is 0 Å². The summed E-state index contributed by atoms with van der Waals surface area (Å²) in [4.78, 5) is 17.2. The Kier molecular flexibility index (Phi) is 7.18. The quantitative estimate of drug-likeness (QED) is 0.770. The fraction of sp³-hybridized carbons (Fsp3) is 0.409. The molecule has 3 rings (SSSR count). The Morgan fingerprint density at radius 3 is 2.50 bits per heavy atom. The Bertz CT molecular complexity index is 774. The zero-order valence-electron chi connectivity index (χ0n) is 16.5. The van der Waals surface area contributed by atoms with Crippen molar-refractivity contribution in [3.8, 4) is 5.75 Å². The molecule has 5 nitrogen and oxygen atoms in total. The van der Waals surface area contributed by atoms with Crippen molar-refractivity contribution in [1.82, 2.24) is 10.2 Å². The number of anilines is 1.